The minimum atomic E-state index is -0.272. The summed E-state index contributed by atoms with van der Waals surface area (Å²) < 4.78 is 10.7. The Kier molecular flexibility index (Phi) is 5.25. The Hall–Kier alpha value is -4.01. The van der Waals surface area contributed by atoms with E-state index in [1.165, 1.54) is 4.90 Å². The number of nitrogens with zero attached hydrogens (tertiary/aromatic N) is 4. The first-order valence-corrected chi connectivity index (χ1v) is 9.25. The summed E-state index contributed by atoms with van der Waals surface area (Å²) in [5, 5.41) is 4.29. The van der Waals surface area contributed by atoms with E-state index in [1.54, 1.807) is 56.4 Å². The van der Waals surface area contributed by atoms with Gasteiger partial charge in [-0.3, -0.25) is 9.59 Å². The third-order valence-corrected chi connectivity index (χ3v) is 4.44. The molecule has 1 N–H and O–H groups in total. The standard InChI is InChI=1S/C21H19N5O4/c1-13-22-19(25-30-13)12-29-17-10-6-4-8-15(17)21(28)26(2)11-18-23-16-9-5-3-7-14(16)20(27)24-18/h3-10H,11-12H2,1-2H3,(H,23,24,27). The second-order valence-electron chi connectivity index (χ2n) is 6.71. The number of hydrogen-bond donors (Lipinski definition) is 1. The number of carbonyl (C=O) groups excluding carboxylic acids is 1. The highest BCUT2D eigenvalue weighted by Gasteiger charge is 2.18. The highest BCUT2D eigenvalue weighted by molar-refractivity contribution is 5.96. The largest absolute Gasteiger partial charge is 0.485 e. The number of amides is 1. The summed E-state index contributed by atoms with van der Waals surface area (Å²) in [6.07, 6.45) is 0. The number of benzene rings is 2. The Labute approximate surface area is 171 Å². The quantitative estimate of drug-likeness (QED) is 0.524. The number of carbonyl (C=O) groups is 1. The molecule has 1 amide bonds. The highest BCUT2D eigenvalue weighted by atomic mass is 16.5. The monoisotopic (exact) mass is 405 g/mol. The normalized spacial score (nSPS) is 10.9. The van der Waals surface area contributed by atoms with Crippen molar-refractivity contribution in [2.75, 3.05) is 7.05 Å². The molecule has 0 saturated heterocycles. The summed E-state index contributed by atoms with van der Waals surface area (Å²) in [5.41, 5.74) is 0.718. The SMILES string of the molecule is Cc1nc(COc2ccccc2C(=O)N(C)Cc2nc3ccccc3c(=O)[nH]2)no1. The molecule has 0 atom stereocenters. The molecule has 9 nitrogen and oxygen atoms in total. The summed E-state index contributed by atoms with van der Waals surface area (Å²) in [4.78, 5) is 38.0. The number of nitrogens with one attached hydrogen (secondary N) is 1. The van der Waals surface area contributed by atoms with Gasteiger partial charge in [-0.1, -0.05) is 29.4 Å². The minimum absolute atomic E-state index is 0.0743. The number of H-pyrrole nitrogens is 1. The van der Waals surface area contributed by atoms with Gasteiger partial charge in [0.05, 0.1) is 23.0 Å². The molecular weight excluding hydrogens is 386 g/mol. The number of ether oxygens (including phenoxy) is 1. The number of fused-ring (bicyclic) bond motifs is 1. The van der Waals surface area contributed by atoms with E-state index in [0.29, 0.717) is 39.8 Å². The van der Waals surface area contributed by atoms with E-state index in [4.69, 9.17) is 9.26 Å². The first-order chi connectivity index (χ1) is 14.5. The molecule has 2 heterocycles. The smallest absolute Gasteiger partial charge is 0.258 e. The third-order valence-electron chi connectivity index (χ3n) is 4.44. The second kappa shape index (κ2) is 8.16. The van der Waals surface area contributed by atoms with E-state index in [9.17, 15) is 9.59 Å². The molecule has 0 aliphatic heterocycles. The van der Waals surface area contributed by atoms with Crippen molar-refractivity contribution in [2.45, 2.75) is 20.1 Å². The molecule has 2 aromatic carbocycles. The van der Waals surface area contributed by atoms with Crippen LogP contribution in [-0.4, -0.2) is 38.0 Å². The maximum absolute atomic E-state index is 13.0. The first kappa shape index (κ1) is 19.3. The van der Waals surface area contributed by atoms with Crippen LogP contribution in [0.25, 0.3) is 10.9 Å². The van der Waals surface area contributed by atoms with Gasteiger partial charge in [0.2, 0.25) is 11.7 Å². The number of aromatic amines is 1. The number of hydrogen-bond acceptors (Lipinski definition) is 7. The average Bonchev–Trinajstić information content (AvgIpc) is 3.17. The molecule has 4 rings (SSSR count). The topological polar surface area (TPSA) is 114 Å². The molecule has 0 fully saturated rings. The fraction of sp³-hybridized carbons (Fsp3) is 0.190. The van der Waals surface area contributed by atoms with Gasteiger partial charge < -0.3 is 19.1 Å². The van der Waals surface area contributed by atoms with Crippen molar-refractivity contribution in [1.82, 2.24) is 25.0 Å². The number of rotatable bonds is 6. The zero-order chi connectivity index (χ0) is 21.1. The van der Waals surface area contributed by atoms with Crippen LogP contribution in [0.15, 0.2) is 57.8 Å². The lowest BCUT2D eigenvalue weighted by molar-refractivity contribution is 0.0776. The van der Waals surface area contributed by atoms with Crippen LogP contribution in [0.3, 0.4) is 0 Å². The van der Waals surface area contributed by atoms with Crippen LogP contribution in [0.5, 0.6) is 5.75 Å². The Morgan fingerprint density at radius 1 is 1.13 bits per heavy atom. The Balaban J connectivity index is 1.52. The van der Waals surface area contributed by atoms with Crippen molar-refractivity contribution in [3.63, 3.8) is 0 Å². The van der Waals surface area contributed by atoms with Crippen LogP contribution in [-0.2, 0) is 13.2 Å². The Morgan fingerprint density at radius 2 is 1.90 bits per heavy atom. The average molecular weight is 405 g/mol. The molecule has 0 unspecified atom stereocenters. The third kappa shape index (κ3) is 4.04. The molecule has 2 aromatic heterocycles. The highest BCUT2D eigenvalue weighted by Crippen LogP contribution is 2.21. The zero-order valence-corrected chi connectivity index (χ0v) is 16.5. The first-order valence-electron chi connectivity index (χ1n) is 9.25. The molecule has 0 radical (unpaired) electrons. The zero-order valence-electron chi connectivity index (χ0n) is 16.5. The predicted molar refractivity (Wildman–Crippen MR) is 108 cm³/mol. The molecule has 4 aromatic rings. The van der Waals surface area contributed by atoms with E-state index >= 15 is 0 Å². The van der Waals surface area contributed by atoms with Crippen molar-refractivity contribution in [3.8, 4) is 5.75 Å². The summed E-state index contributed by atoms with van der Waals surface area (Å²) in [5.74, 6) is 1.35. The molecule has 0 saturated carbocycles. The number of aryl methyl sites for hydroxylation is 1. The van der Waals surface area contributed by atoms with E-state index in [0.717, 1.165) is 0 Å². The fourth-order valence-corrected chi connectivity index (χ4v) is 3.02. The molecule has 30 heavy (non-hydrogen) atoms. The van der Waals surface area contributed by atoms with Gasteiger partial charge >= 0.3 is 0 Å². The van der Waals surface area contributed by atoms with Gasteiger partial charge in [-0.15, -0.1) is 0 Å². The molecule has 0 bridgehead atoms. The van der Waals surface area contributed by atoms with Gasteiger partial charge in [0.1, 0.15) is 11.6 Å². The lowest BCUT2D eigenvalue weighted by atomic mass is 10.1. The van der Waals surface area contributed by atoms with Crippen LogP contribution in [0.2, 0.25) is 0 Å². The number of para-hydroxylation sites is 2. The maximum Gasteiger partial charge on any atom is 0.258 e. The van der Waals surface area contributed by atoms with Crippen molar-refractivity contribution < 1.29 is 14.1 Å². The van der Waals surface area contributed by atoms with Crippen molar-refractivity contribution in [3.05, 3.63) is 82.0 Å². The summed E-state index contributed by atoms with van der Waals surface area (Å²) in [6.45, 7) is 1.90. The fourth-order valence-electron chi connectivity index (χ4n) is 3.02. The van der Waals surface area contributed by atoms with Crippen molar-refractivity contribution in [1.29, 1.82) is 0 Å². The van der Waals surface area contributed by atoms with Gasteiger partial charge in [-0.25, -0.2) is 4.98 Å². The summed E-state index contributed by atoms with van der Waals surface area (Å²) >= 11 is 0. The minimum Gasteiger partial charge on any atom is -0.485 e. The van der Waals surface area contributed by atoms with Crippen LogP contribution in [0.4, 0.5) is 0 Å². The maximum atomic E-state index is 13.0. The molecular formula is C21H19N5O4. The Bertz CT molecular complexity index is 1260. The van der Waals surface area contributed by atoms with E-state index in [1.807, 2.05) is 6.07 Å². The van der Waals surface area contributed by atoms with Crippen LogP contribution in [0.1, 0.15) is 27.9 Å². The van der Waals surface area contributed by atoms with Gasteiger partial charge in [-0.2, -0.15) is 4.98 Å². The van der Waals surface area contributed by atoms with Gasteiger partial charge in [0, 0.05) is 14.0 Å². The van der Waals surface area contributed by atoms with Crippen molar-refractivity contribution >= 4 is 16.8 Å². The summed E-state index contributed by atoms with van der Waals surface area (Å²) in [7, 11) is 1.64. The van der Waals surface area contributed by atoms with Crippen LogP contribution < -0.4 is 10.3 Å². The van der Waals surface area contributed by atoms with E-state index in [2.05, 4.69) is 20.1 Å². The molecule has 0 aliphatic carbocycles. The van der Waals surface area contributed by atoms with Crippen LogP contribution >= 0.6 is 0 Å². The molecule has 9 heteroatoms. The van der Waals surface area contributed by atoms with E-state index < -0.39 is 0 Å². The number of aromatic nitrogens is 4. The van der Waals surface area contributed by atoms with Gasteiger partial charge in [0.15, 0.2) is 6.61 Å². The lowest BCUT2D eigenvalue weighted by Crippen LogP contribution is -2.28. The predicted octanol–water partition coefficient (Wildman–Crippen LogP) is 2.47. The van der Waals surface area contributed by atoms with Gasteiger partial charge in [-0.05, 0) is 24.3 Å². The molecule has 152 valence electrons. The molecule has 0 spiro atoms. The van der Waals surface area contributed by atoms with Gasteiger partial charge in [0.25, 0.3) is 11.5 Å². The summed E-state index contributed by atoms with van der Waals surface area (Å²) in [6, 6.07) is 14.0. The Morgan fingerprint density at radius 3 is 2.70 bits per heavy atom. The van der Waals surface area contributed by atoms with E-state index in [-0.39, 0.29) is 24.6 Å². The van der Waals surface area contributed by atoms with Crippen molar-refractivity contribution in [2.24, 2.45) is 0 Å². The molecule has 0 aliphatic rings. The van der Waals surface area contributed by atoms with Crippen LogP contribution in [0, 0.1) is 6.92 Å². The second-order valence-corrected chi connectivity index (χ2v) is 6.71. The lowest BCUT2D eigenvalue weighted by Gasteiger charge is -2.18.